The molecule has 21 heavy (non-hydrogen) atoms. The lowest BCUT2D eigenvalue weighted by Crippen LogP contribution is -2.56. The van der Waals surface area contributed by atoms with Gasteiger partial charge in [0.25, 0.3) is 0 Å². The van der Waals surface area contributed by atoms with Crippen LogP contribution in [0.1, 0.15) is 64.7 Å². The number of rotatable bonds is 4. The molecule has 1 amide bonds. The van der Waals surface area contributed by atoms with Gasteiger partial charge < -0.3 is 15.7 Å². The quantitative estimate of drug-likeness (QED) is 0.779. The SMILES string of the molecule is CCCC1(C(=O)O)CCCN1C(=O)C1CCCCCC1N. The standard InChI is InChI=1S/C16H28N2O3/c1-2-9-16(15(20)21)10-6-11-18(16)14(19)12-7-4-3-5-8-13(12)17/h12-13H,2-11,17H2,1H3,(H,20,21). The molecule has 2 fully saturated rings. The number of likely N-dealkylation sites (tertiary alicyclic amines) is 1. The van der Waals surface area contributed by atoms with Gasteiger partial charge in [-0.25, -0.2) is 4.79 Å². The zero-order valence-corrected chi connectivity index (χ0v) is 13.0. The number of aliphatic carboxylic acids is 1. The summed E-state index contributed by atoms with van der Waals surface area (Å²) >= 11 is 0. The van der Waals surface area contributed by atoms with Crippen LogP contribution in [0.15, 0.2) is 0 Å². The van der Waals surface area contributed by atoms with Crippen LogP contribution < -0.4 is 5.73 Å². The summed E-state index contributed by atoms with van der Waals surface area (Å²) in [6.07, 6.45) is 7.55. The number of carboxylic acids is 1. The molecular formula is C16H28N2O3. The Morgan fingerprint density at radius 3 is 2.62 bits per heavy atom. The third-order valence-electron chi connectivity index (χ3n) is 5.20. The highest BCUT2D eigenvalue weighted by atomic mass is 16.4. The summed E-state index contributed by atoms with van der Waals surface area (Å²) in [5, 5.41) is 9.71. The van der Waals surface area contributed by atoms with Gasteiger partial charge in [0.05, 0.1) is 5.92 Å². The van der Waals surface area contributed by atoms with Crippen LogP contribution in [0.4, 0.5) is 0 Å². The minimum Gasteiger partial charge on any atom is -0.479 e. The summed E-state index contributed by atoms with van der Waals surface area (Å²) in [6.45, 7) is 2.54. The maximum Gasteiger partial charge on any atom is 0.329 e. The van der Waals surface area contributed by atoms with Crippen molar-refractivity contribution in [2.45, 2.75) is 76.3 Å². The molecule has 2 aliphatic rings. The lowest BCUT2D eigenvalue weighted by Gasteiger charge is -2.37. The van der Waals surface area contributed by atoms with E-state index in [2.05, 4.69) is 0 Å². The van der Waals surface area contributed by atoms with Gasteiger partial charge >= 0.3 is 5.97 Å². The van der Waals surface area contributed by atoms with Crippen molar-refractivity contribution in [3.63, 3.8) is 0 Å². The third kappa shape index (κ3) is 3.07. The third-order valence-corrected chi connectivity index (χ3v) is 5.20. The zero-order valence-electron chi connectivity index (χ0n) is 13.0. The molecule has 3 unspecified atom stereocenters. The molecule has 5 nitrogen and oxygen atoms in total. The van der Waals surface area contributed by atoms with Crippen molar-refractivity contribution in [2.75, 3.05) is 6.54 Å². The number of hydrogen-bond donors (Lipinski definition) is 2. The summed E-state index contributed by atoms with van der Waals surface area (Å²) in [6, 6.07) is -0.117. The molecule has 0 aromatic carbocycles. The second-order valence-electron chi connectivity index (χ2n) is 6.59. The molecule has 1 aliphatic carbocycles. The minimum absolute atomic E-state index is 0.0160. The van der Waals surface area contributed by atoms with Crippen LogP contribution in [0.2, 0.25) is 0 Å². The summed E-state index contributed by atoms with van der Waals surface area (Å²) in [5.74, 6) is -1.06. The van der Waals surface area contributed by atoms with E-state index in [9.17, 15) is 14.7 Å². The number of carboxylic acid groups (broad SMARTS) is 1. The van der Waals surface area contributed by atoms with E-state index in [1.807, 2.05) is 6.92 Å². The first-order chi connectivity index (χ1) is 10.0. The predicted molar refractivity (Wildman–Crippen MR) is 80.8 cm³/mol. The highest BCUT2D eigenvalue weighted by Crippen LogP contribution is 2.37. The van der Waals surface area contributed by atoms with Crippen molar-refractivity contribution in [1.82, 2.24) is 4.90 Å². The summed E-state index contributed by atoms with van der Waals surface area (Å²) in [7, 11) is 0. The normalized spacial score (nSPS) is 33.7. The summed E-state index contributed by atoms with van der Waals surface area (Å²) in [5.41, 5.74) is 5.20. The molecule has 3 N–H and O–H groups in total. The average Bonchev–Trinajstić information content (AvgIpc) is 2.75. The van der Waals surface area contributed by atoms with Gasteiger partial charge in [0.1, 0.15) is 5.54 Å². The van der Waals surface area contributed by atoms with Gasteiger partial charge in [-0.1, -0.05) is 32.6 Å². The van der Waals surface area contributed by atoms with Crippen LogP contribution in [-0.2, 0) is 9.59 Å². The molecular weight excluding hydrogens is 268 g/mol. The molecule has 0 bridgehead atoms. The fourth-order valence-corrected chi connectivity index (χ4v) is 4.05. The minimum atomic E-state index is -0.988. The monoisotopic (exact) mass is 296 g/mol. The maximum absolute atomic E-state index is 12.9. The van der Waals surface area contributed by atoms with Crippen molar-refractivity contribution in [3.8, 4) is 0 Å². The van der Waals surface area contributed by atoms with Crippen LogP contribution in [0.3, 0.4) is 0 Å². The highest BCUT2D eigenvalue weighted by molar-refractivity contribution is 5.89. The van der Waals surface area contributed by atoms with Crippen LogP contribution in [-0.4, -0.2) is 40.0 Å². The number of amides is 1. The Labute approximate surface area is 126 Å². The van der Waals surface area contributed by atoms with Crippen molar-refractivity contribution in [3.05, 3.63) is 0 Å². The van der Waals surface area contributed by atoms with Gasteiger partial charge in [0.2, 0.25) is 5.91 Å². The maximum atomic E-state index is 12.9. The van der Waals surface area contributed by atoms with Gasteiger partial charge in [-0.2, -0.15) is 0 Å². The molecule has 3 atom stereocenters. The van der Waals surface area contributed by atoms with Crippen LogP contribution in [0, 0.1) is 5.92 Å². The number of carbonyl (C=O) groups excluding carboxylic acids is 1. The van der Waals surface area contributed by atoms with Crippen molar-refractivity contribution < 1.29 is 14.7 Å². The first-order valence-electron chi connectivity index (χ1n) is 8.33. The van der Waals surface area contributed by atoms with Crippen LogP contribution in [0.25, 0.3) is 0 Å². The molecule has 2 rings (SSSR count). The first kappa shape index (κ1) is 16.3. The Kier molecular flexibility index (Phi) is 5.25. The number of nitrogens with zero attached hydrogens (tertiary/aromatic N) is 1. The Hall–Kier alpha value is -1.10. The van der Waals surface area contributed by atoms with Gasteiger partial charge in [0, 0.05) is 12.6 Å². The molecule has 0 radical (unpaired) electrons. The molecule has 120 valence electrons. The molecule has 0 aromatic heterocycles. The van der Waals surface area contributed by atoms with E-state index in [4.69, 9.17) is 5.73 Å². The van der Waals surface area contributed by atoms with E-state index in [0.717, 1.165) is 44.9 Å². The molecule has 0 spiro atoms. The van der Waals surface area contributed by atoms with Crippen molar-refractivity contribution >= 4 is 11.9 Å². The topological polar surface area (TPSA) is 83.6 Å². The number of hydrogen-bond acceptors (Lipinski definition) is 3. The van der Waals surface area contributed by atoms with E-state index in [0.29, 0.717) is 19.4 Å². The van der Waals surface area contributed by atoms with Gasteiger partial charge in [-0.3, -0.25) is 4.79 Å². The van der Waals surface area contributed by atoms with E-state index in [-0.39, 0.29) is 17.9 Å². The Balaban J connectivity index is 2.21. The fourth-order valence-electron chi connectivity index (χ4n) is 4.05. The van der Waals surface area contributed by atoms with Gasteiger partial charge in [0.15, 0.2) is 0 Å². The van der Waals surface area contributed by atoms with Gasteiger partial charge in [-0.05, 0) is 32.1 Å². The summed E-state index contributed by atoms with van der Waals surface area (Å²) < 4.78 is 0. The van der Waals surface area contributed by atoms with Crippen LogP contribution >= 0.6 is 0 Å². The predicted octanol–water partition coefficient (Wildman–Crippen LogP) is 2.14. The van der Waals surface area contributed by atoms with Crippen molar-refractivity contribution in [1.29, 1.82) is 0 Å². The molecule has 1 heterocycles. The van der Waals surface area contributed by atoms with Crippen LogP contribution in [0.5, 0.6) is 0 Å². The Morgan fingerprint density at radius 1 is 1.24 bits per heavy atom. The fraction of sp³-hybridized carbons (Fsp3) is 0.875. The summed E-state index contributed by atoms with van der Waals surface area (Å²) in [4.78, 5) is 26.4. The van der Waals surface area contributed by atoms with Crippen molar-refractivity contribution in [2.24, 2.45) is 11.7 Å². The second kappa shape index (κ2) is 6.77. The largest absolute Gasteiger partial charge is 0.479 e. The molecule has 1 saturated carbocycles. The molecule has 1 aliphatic heterocycles. The lowest BCUT2D eigenvalue weighted by molar-refractivity contribution is -0.159. The smallest absolute Gasteiger partial charge is 0.329 e. The Morgan fingerprint density at radius 2 is 1.95 bits per heavy atom. The average molecular weight is 296 g/mol. The number of carbonyl (C=O) groups is 2. The van der Waals surface area contributed by atoms with E-state index in [1.165, 1.54) is 0 Å². The van der Waals surface area contributed by atoms with E-state index >= 15 is 0 Å². The second-order valence-corrected chi connectivity index (χ2v) is 6.59. The highest BCUT2D eigenvalue weighted by Gasteiger charge is 2.50. The Bertz CT molecular complexity index is 399. The zero-order chi connectivity index (χ0) is 15.5. The first-order valence-corrected chi connectivity index (χ1v) is 8.33. The van der Waals surface area contributed by atoms with E-state index < -0.39 is 11.5 Å². The molecule has 5 heteroatoms. The number of nitrogens with two attached hydrogens (primary N) is 1. The molecule has 1 saturated heterocycles. The lowest BCUT2D eigenvalue weighted by atomic mass is 9.87. The van der Waals surface area contributed by atoms with Gasteiger partial charge in [-0.15, -0.1) is 0 Å². The van der Waals surface area contributed by atoms with E-state index in [1.54, 1.807) is 4.90 Å². The molecule has 0 aromatic rings.